The van der Waals surface area contributed by atoms with Crippen LogP contribution in [0.4, 0.5) is 0 Å². The summed E-state index contributed by atoms with van der Waals surface area (Å²) >= 11 is 1.96. The lowest BCUT2D eigenvalue weighted by molar-refractivity contribution is 0.127. The third-order valence-corrected chi connectivity index (χ3v) is 6.64. The lowest BCUT2D eigenvalue weighted by Gasteiger charge is -2.28. The Balaban J connectivity index is 0.00000243. The molecule has 0 amide bonds. The number of thioether (sulfide) groups is 1. The summed E-state index contributed by atoms with van der Waals surface area (Å²) in [5, 5.41) is 16.3. The minimum Gasteiger partial charge on any atom is -0.396 e. The molecule has 3 N–H and O–H groups in total. The number of hydrogen-bond acceptors (Lipinski definition) is 4. The summed E-state index contributed by atoms with van der Waals surface area (Å²) in [5.41, 5.74) is 0.0302. The zero-order valence-corrected chi connectivity index (χ0v) is 18.5. The van der Waals surface area contributed by atoms with Gasteiger partial charge in [-0.3, -0.25) is 4.99 Å². The first-order valence-corrected chi connectivity index (χ1v) is 9.88. The van der Waals surface area contributed by atoms with E-state index < -0.39 is 0 Å². The Kier molecular flexibility index (Phi) is 8.50. The lowest BCUT2D eigenvalue weighted by Crippen LogP contribution is -2.46. The van der Waals surface area contributed by atoms with Crippen LogP contribution in [-0.4, -0.2) is 55.8 Å². The molecule has 7 heteroatoms. The molecule has 26 heavy (non-hydrogen) atoms. The van der Waals surface area contributed by atoms with Crippen LogP contribution in [-0.2, 0) is 4.74 Å². The van der Waals surface area contributed by atoms with E-state index in [1.165, 1.54) is 17.7 Å². The van der Waals surface area contributed by atoms with Crippen molar-refractivity contribution in [2.45, 2.75) is 35.3 Å². The molecule has 0 radical (unpaired) electrons. The average Bonchev–Trinajstić information content (AvgIpc) is 3.23. The van der Waals surface area contributed by atoms with Gasteiger partial charge in [-0.05, 0) is 37.8 Å². The smallest absolute Gasteiger partial charge is 0.191 e. The van der Waals surface area contributed by atoms with Crippen LogP contribution in [0.25, 0.3) is 0 Å². The molecule has 0 spiro atoms. The van der Waals surface area contributed by atoms with Gasteiger partial charge in [0, 0.05) is 48.4 Å². The van der Waals surface area contributed by atoms with Crippen molar-refractivity contribution < 1.29 is 9.84 Å². The lowest BCUT2D eigenvalue weighted by atomic mass is 9.84. The van der Waals surface area contributed by atoms with Crippen molar-refractivity contribution in [3.05, 3.63) is 30.3 Å². The van der Waals surface area contributed by atoms with E-state index in [-0.39, 0.29) is 40.7 Å². The molecule has 3 rings (SSSR count). The van der Waals surface area contributed by atoms with E-state index in [1.807, 2.05) is 18.8 Å². The summed E-state index contributed by atoms with van der Waals surface area (Å²) in [6.45, 7) is 3.39. The quantitative estimate of drug-likeness (QED) is 0.297. The maximum Gasteiger partial charge on any atom is 0.191 e. The maximum absolute atomic E-state index is 9.34. The van der Waals surface area contributed by atoms with Crippen LogP contribution in [0.15, 0.2) is 40.2 Å². The predicted octanol–water partition coefficient (Wildman–Crippen LogP) is 2.88. The molecule has 1 aliphatic heterocycles. The molecule has 2 fully saturated rings. The Hall–Kier alpha value is -0.510. The number of nitrogens with one attached hydrogen (secondary N) is 2. The van der Waals surface area contributed by atoms with Gasteiger partial charge in [0.15, 0.2) is 5.96 Å². The Bertz CT molecular complexity index is 575. The Morgan fingerprint density at radius 3 is 2.50 bits per heavy atom. The molecule has 1 aromatic carbocycles. The second kappa shape index (κ2) is 10.1. The second-order valence-electron chi connectivity index (χ2n) is 7.15. The van der Waals surface area contributed by atoms with Crippen molar-refractivity contribution >= 4 is 41.7 Å². The highest BCUT2D eigenvalue weighted by atomic mass is 127. The van der Waals surface area contributed by atoms with Gasteiger partial charge in [0.25, 0.3) is 0 Å². The van der Waals surface area contributed by atoms with Gasteiger partial charge in [0.05, 0.1) is 6.61 Å². The van der Waals surface area contributed by atoms with E-state index in [9.17, 15) is 5.11 Å². The van der Waals surface area contributed by atoms with Crippen molar-refractivity contribution in [2.24, 2.45) is 10.4 Å². The molecular weight excluding hydrogens is 461 g/mol. The minimum atomic E-state index is 0. The largest absolute Gasteiger partial charge is 0.396 e. The van der Waals surface area contributed by atoms with Gasteiger partial charge in [-0.15, -0.1) is 35.7 Å². The fraction of sp³-hybridized carbons (Fsp3) is 0.632. The number of halogens is 1. The van der Waals surface area contributed by atoms with E-state index in [0.717, 1.165) is 38.5 Å². The molecule has 0 aromatic heterocycles. The molecule has 1 aliphatic carbocycles. The van der Waals surface area contributed by atoms with Crippen LogP contribution in [0.3, 0.4) is 0 Å². The van der Waals surface area contributed by atoms with Crippen molar-refractivity contribution in [3.63, 3.8) is 0 Å². The normalized spacial score (nSPS) is 24.0. The SMILES string of the molecule is CN=C(NCC1(CCO)CCOC1)NCC1(Sc2ccccc2)CC1.I. The summed E-state index contributed by atoms with van der Waals surface area (Å²) < 4.78 is 5.84. The van der Waals surface area contributed by atoms with Crippen molar-refractivity contribution in [2.75, 3.05) is 40.0 Å². The van der Waals surface area contributed by atoms with Gasteiger partial charge in [0.2, 0.25) is 0 Å². The molecule has 1 heterocycles. The molecule has 146 valence electrons. The maximum atomic E-state index is 9.34. The molecule has 2 aliphatic rings. The first-order chi connectivity index (χ1) is 12.2. The summed E-state index contributed by atoms with van der Waals surface area (Å²) in [6, 6.07) is 10.6. The van der Waals surface area contributed by atoms with E-state index in [1.54, 1.807) is 0 Å². The Labute approximate surface area is 177 Å². The van der Waals surface area contributed by atoms with Crippen LogP contribution in [0.5, 0.6) is 0 Å². The van der Waals surface area contributed by atoms with Crippen LogP contribution in [0.1, 0.15) is 25.7 Å². The van der Waals surface area contributed by atoms with Crippen LogP contribution in [0.2, 0.25) is 0 Å². The van der Waals surface area contributed by atoms with Crippen molar-refractivity contribution in [1.29, 1.82) is 0 Å². The molecular formula is C19H30IN3O2S. The highest BCUT2D eigenvalue weighted by Gasteiger charge is 2.43. The summed E-state index contributed by atoms with van der Waals surface area (Å²) in [7, 11) is 1.81. The number of hydrogen-bond donors (Lipinski definition) is 3. The molecule has 0 bridgehead atoms. The van der Waals surface area contributed by atoms with Crippen molar-refractivity contribution in [3.8, 4) is 0 Å². The second-order valence-corrected chi connectivity index (χ2v) is 8.70. The molecule has 5 nitrogen and oxygen atoms in total. The number of aliphatic hydroxyl groups excluding tert-OH is 1. The third kappa shape index (κ3) is 6.00. The fourth-order valence-corrected chi connectivity index (χ4v) is 4.48. The van der Waals surface area contributed by atoms with Crippen LogP contribution < -0.4 is 10.6 Å². The first kappa shape index (κ1) is 21.8. The molecule has 1 atom stereocenters. The van der Waals surface area contributed by atoms with Gasteiger partial charge in [0.1, 0.15) is 0 Å². The molecule has 1 aromatic rings. The highest BCUT2D eigenvalue weighted by molar-refractivity contribution is 14.0. The third-order valence-electron chi connectivity index (χ3n) is 5.14. The average molecular weight is 491 g/mol. The van der Waals surface area contributed by atoms with E-state index in [4.69, 9.17) is 4.74 Å². The van der Waals surface area contributed by atoms with Crippen molar-refractivity contribution in [1.82, 2.24) is 10.6 Å². The van der Waals surface area contributed by atoms with Gasteiger partial charge < -0.3 is 20.5 Å². The summed E-state index contributed by atoms with van der Waals surface area (Å²) in [6.07, 6.45) is 4.23. The first-order valence-electron chi connectivity index (χ1n) is 9.07. The number of rotatable bonds is 8. The number of guanidine groups is 1. The summed E-state index contributed by atoms with van der Waals surface area (Å²) in [4.78, 5) is 5.69. The Morgan fingerprint density at radius 1 is 1.19 bits per heavy atom. The zero-order chi connectivity index (χ0) is 17.6. The Morgan fingerprint density at radius 2 is 1.92 bits per heavy atom. The number of benzene rings is 1. The fourth-order valence-electron chi connectivity index (χ4n) is 3.24. The number of nitrogens with zero attached hydrogens (tertiary/aromatic N) is 1. The van der Waals surface area contributed by atoms with E-state index in [2.05, 4.69) is 46.0 Å². The molecule has 1 unspecified atom stereocenters. The van der Waals surface area contributed by atoms with Gasteiger partial charge >= 0.3 is 0 Å². The molecule has 1 saturated heterocycles. The summed E-state index contributed by atoms with van der Waals surface area (Å²) in [5.74, 6) is 0.837. The van der Waals surface area contributed by atoms with Gasteiger partial charge in [-0.1, -0.05) is 18.2 Å². The zero-order valence-electron chi connectivity index (χ0n) is 15.4. The topological polar surface area (TPSA) is 65.9 Å². The standard InChI is InChI=1S/C19H29N3O2S.HI/c1-20-17(21-13-18(9-11-23)10-12-24-15-18)22-14-19(7-8-19)25-16-5-3-2-4-6-16;/h2-6,23H,7-15H2,1H3,(H2,20,21,22);1H. The molecule has 1 saturated carbocycles. The number of aliphatic hydroxyl groups is 1. The predicted molar refractivity (Wildman–Crippen MR) is 119 cm³/mol. The van der Waals surface area contributed by atoms with Gasteiger partial charge in [-0.25, -0.2) is 0 Å². The highest BCUT2D eigenvalue weighted by Crippen LogP contribution is 2.51. The van der Waals surface area contributed by atoms with Gasteiger partial charge in [-0.2, -0.15) is 0 Å². The number of aliphatic imine (C=N–C) groups is 1. The van der Waals surface area contributed by atoms with E-state index >= 15 is 0 Å². The number of ether oxygens (including phenoxy) is 1. The monoisotopic (exact) mass is 491 g/mol. The van der Waals surface area contributed by atoms with Crippen LogP contribution >= 0.6 is 35.7 Å². The van der Waals surface area contributed by atoms with Crippen LogP contribution in [0, 0.1) is 5.41 Å². The minimum absolute atomic E-state index is 0. The van der Waals surface area contributed by atoms with E-state index in [0.29, 0.717) is 6.61 Å².